The number of nitrogens with zero attached hydrogens (tertiary/aromatic N) is 4. The van der Waals surface area contributed by atoms with Crippen LogP contribution in [0.25, 0.3) is 5.69 Å². The fourth-order valence-electron chi connectivity index (χ4n) is 2.00. The highest BCUT2D eigenvalue weighted by atomic mass is 16.2. The zero-order valence-electron chi connectivity index (χ0n) is 12.4. The molecule has 1 aromatic carbocycles. The maximum atomic E-state index is 12.3. The number of pyridine rings is 1. The molecule has 0 bridgehead atoms. The van der Waals surface area contributed by atoms with Crippen molar-refractivity contribution in [2.75, 3.05) is 5.32 Å². The van der Waals surface area contributed by atoms with E-state index in [1.54, 1.807) is 30.3 Å². The van der Waals surface area contributed by atoms with Crippen molar-refractivity contribution in [1.29, 1.82) is 5.26 Å². The van der Waals surface area contributed by atoms with Gasteiger partial charge in [0.15, 0.2) is 0 Å². The first-order valence-electron chi connectivity index (χ1n) is 7.01. The van der Waals surface area contributed by atoms with E-state index in [-0.39, 0.29) is 11.3 Å². The molecular formula is C17H11N5O2. The predicted octanol–water partition coefficient (Wildman–Crippen LogP) is 1.75. The van der Waals surface area contributed by atoms with Crippen LogP contribution in [-0.2, 0) is 0 Å². The summed E-state index contributed by atoms with van der Waals surface area (Å²) in [5, 5.41) is 15.4. The van der Waals surface area contributed by atoms with Crippen molar-refractivity contribution in [2.45, 2.75) is 0 Å². The second kappa shape index (κ2) is 6.54. The smallest absolute Gasteiger partial charge is 0.277 e. The summed E-state index contributed by atoms with van der Waals surface area (Å²) in [4.78, 5) is 28.2. The molecule has 2 aromatic heterocycles. The minimum atomic E-state index is -0.503. The molecule has 0 fully saturated rings. The van der Waals surface area contributed by atoms with Crippen molar-refractivity contribution in [2.24, 2.45) is 0 Å². The number of amides is 1. The maximum Gasteiger partial charge on any atom is 0.277 e. The zero-order chi connectivity index (χ0) is 16.9. The van der Waals surface area contributed by atoms with Gasteiger partial charge in [-0.25, -0.2) is 4.98 Å². The number of hydrogen-bond donors (Lipinski definition) is 1. The van der Waals surface area contributed by atoms with Gasteiger partial charge in [0.25, 0.3) is 11.5 Å². The van der Waals surface area contributed by atoms with Gasteiger partial charge < -0.3 is 5.32 Å². The van der Waals surface area contributed by atoms with Crippen LogP contribution in [0.5, 0.6) is 0 Å². The fourth-order valence-corrected chi connectivity index (χ4v) is 2.00. The Morgan fingerprint density at radius 3 is 2.54 bits per heavy atom. The molecule has 2 heterocycles. The van der Waals surface area contributed by atoms with E-state index < -0.39 is 5.91 Å². The fraction of sp³-hybridized carbons (Fsp3) is 0. The van der Waals surface area contributed by atoms with Crippen LogP contribution in [0.15, 0.2) is 65.6 Å². The number of carbonyl (C=O) groups excluding carboxylic acids is 1. The number of nitriles is 1. The van der Waals surface area contributed by atoms with Gasteiger partial charge in [-0.3, -0.25) is 9.59 Å². The lowest BCUT2D eigenvalue weighted by molar-refractivity contribution is 0.102. The van der Waals surface area contributed by atoms with Gasteiger partial charge in [0.2, 0.25) is 0 Å². The molecule has 0 aliphatic rings. The Kier molecular flexibility index (Phi) is 4.12. The highest BCUT2D eigenvalue weighted by molar-refractivity contribution is 6.02. The van der Waals surface area contributed by atoms with Gasteiger partial charge in [-0.05, 0) is 30.3 Å². The van der Waals surface area contributed by atoms with Crippen LogP contribution in [0.4, 0.5) is 5.82 Å². The molecule has 24 heavy (non-hydrogen) atoms. The third-order valence-corrected chi connectivity index (χ3v) is 3.17. The highest BCUT2D eigenvalue weighted by Crippen LogP contribution is 2.07. The number of anilines is 1. The number of aromatic nitrogens is 3. The number of carbonyl (C=O) groups is 1. The van der Waals surface area contributed by atoms with Crippen LogP contribution in [0.2, 0.25) is 0 Å². The summed E-state index contributed by atoms with van der Waals surface area (Å²) < 4.78 is 1.15. The Balaban J connectivity index is 1.88. The summed E-state index contributed by atoms with van der Waals surface area (Å²) in [5.41, 5.74) is 0.691. The lowest BCUT2D eigenvalue weighted by atomic mass is 10.3. The molecular weight excluding hydrogens is 306 g/mol. The van der Waals surface area contributed by atoms with Crippen LogP contribution >= 0.6 is 0 Å². The van der Waals surface area contributed by atoms with Crippen molar-refractivity contribution in [1.82, 2.24) is 14.8 Å². The van der Waals surface area contributed by atoms with Crippen LogP contribution < -0.4 is 10.9 Å². The standard InChI is InChI=1S/C17H11N5O2/c18-10-12-6-8-15(19-11-12)20-17(24)14-7-9-16(23)22(21-14)13-4-2-1-3-5-13/h1-9,11H,(H,19,20,24). The van der Waals surface area contributed by atoms with Crippen molar-refractivity contribution < 1.29 is 4.79 Å². The van der Waals surface area contributed by atoms with Crippen LogP contribution in [0, 0.1) is 11.3 Å². The van der Waals surface area contributed by atoms with Crippen LogP contribution in [0.3, 0.4) is 0 Å². The van der Waals surface area contributed by atoms with Crippen molar-refractivity contribution in [3.63, 3.8) is 0 Å². The van der Waals surface area contributed by atoms with E-state index in [1.165, 1.54) is 24.4 Å². The van der Waals surface area contributed by atoms with Crippen molar-refractivity contribution in [3.8, 4) is 11.8 Å². The van der Waals surface area contributed by atoms with Gasteiger partial charge in [0.1, 0.15) is 17.6 Å². The van der Waals surface area contributed by atoms with Gasteiger partial charge in [-0.2, -0.15) is 15.0 Å². The molecule has 3 aromatic rings. The average molecular weight is 317 g/mol. The molecule has 116 valence electrons. The minimum Gasteiger partial charge on any atom is -0.305 e. The lowest BCUT2D eigenvalue weighted by Crippen LogP contribution is -2.25. The number of para-hydroxylation sites is 1. The monoisotopic (exact) mass is 317 g/mol. The molecule has 0 aliphatic heterocycles. The van der Waals surface area contributed by atoms with Gasteiger partial charge in [-0.1, -0.05) is 18.2 Å². The number of rotatable bonds is 3. The summed E-state index contributed by atoms with van der Waals surface area (Å²) in [6.07, 6.45) is 1.36. The molecule has 0 radical (unpaired) electrons. The Hall–Kier alpha value is -3.79. The summed E-state index contributed by atoms with van der Waals surface area (Å²) in [7, 11) is 0. The average Bonchev–Trinajstić information content (AvgIpc) is 2.63. The molecule has 0 atom stereocenters. The first-order valence-corrected chi connectivity index (χ1v) is 7.01. The largest absolute Gasteiger partial charge is 0.305 e. The summed E-state index contributed by atoms with van der Waals surface area (Å²) in [5.74, 6) is -0.213. The van der Waals surface area contributed by atoms with E-state index in [1.807, 2.05) is 12.1 Å². The predicted molar refractivity (Wildman–Crippen MR) is 86.7 cm³/mol. The van der Waals surface area contributed by atoms with E-state index >= 15 is 0 Å². The van der Waals surface area contributed by atoms with Crippen LogP contribution in [0.1, 0.15) is 16.1 Å². The maximum absolute atomic E-state index is 12.3. The zero-order valence-corrected chi connectivity index (χ0v) is 12.4. The molecule has 7 heteroatoms. The first-order chi connectivity index (χ1) is 11.7. The second-order valence-corrected chi connectivity index (χ2v) is 4.80. The SMILES string of the molecule is N#Cc1ccc(NC(=O)c2ccc(=O)n(-c3ccccc3)n2)nc1. The molecule has 1 amide bonds. The van der Waals surface area contributed by atoms with Crippen molar-refractivity contribution in [3.05, 3.63) is 82.4 Å². The third-order valence-electron chi connectivity index (χ3n) is 3.17. The summed E-state index contributed by atoms with van der Waals surface area (Å²) >= 11 is 0. The van der Waals surface area contributed by atoms with E-state index in [0.29, 0.717) is 17.1 Å². The Bertz CT molecular complexity index is 972. The van der Waals surface area contributed by atoms with E-state index in [0.717, 1.165) is 4.68 Å². The summed E-state index contributed by atoms with van der Waals surface area (Å²) in [6, 6.07) is 16.4. The van der Waals surface area contributed by atoms with Gasteiger partial charge in [0.05, 0.1) is 11.3 Å². The van der Waals surface area contributed by atoms with Gasteiger partial charge in [-0.15, -0.1) is 0 Å². The molecule has 0 aliphatic carbocycles. The molecule has 7 nitrogen and oxygen atoms in total. The van der Waals surface area contributed by atoms with Gasteiger partial charge in [0, 0.05) is 12.3 Å². The lowest BCUT2D eigenvalue weighted by Gasteiger charge is -2.07. The van der Waals surface area contributed by atoms with E-state index in [2.05, 4.69) is 15.4 Å². The van der Waals surface area contributed by atoms with Crippen LogP contribution in [-0.4, -0.2) is 20.7 Å². The molecule has 0 unspecified atom stereocenters. The Labute approximate surface area is 136 Å². The molecule has 0 saturated heterocycles. The Morgan fingerprint density at radius 1 is 1.08 bits per heavy atom. The highest BCUT2D eigenvalue weighted by Gasteiger charge is 2.11. The topological polar surface area (TPSA) is 101 Å². The molecule has 3 rings (SSSR count). The quantitative estimate of drug-likeness (QED) is 0.793. The van der Waals surface area contributed by atoms with Crippen molar-refractivity contribution >= 4 is 11.7 Å². The number of hydrogen-bond acceptors (Lipinski definition) is 5. The third kappa shape index (κ3) is 3.18. The van der Waals surface area contributed by atoms with Gasteiger partial charge >= 0.3 is 0 Å². The Morgan fingerprint density at radius 2 is 1.88 bits per heavy atom. The van der Waals surface area contributed by atoms with E-state index in [4.69, 9.17) is 5.26 Å². The number of benzene rings is 1. The van der Waals surface area contributed by atoms with E-state index in [9.17, 15) is 9.59 Å². The summed E-state index contributed by atoms with van der Waals surface area (Å²) in [6.45, 7) is 0. The molecule has 0 saturated carbocycles. The second-order valence-electron chi connectivity index (χ2n) is 4.80. The molecule has 0 spiro atoms. The number of nitrogens with one attached hydrogen (secondary N) is 1. The minimum absolute atomic E-state index is 0.0737. The first kappa shape index (κ1) is 15.1. The normalized spacial score (nSPS) is 9.96. The molecule has 1 N–H and O–H groups in total.